The second-order valence-electron chi connectivity index (χ2n) is 4.69. The molecule has 0 radical (unpaired) electrons. The van der Waals surface area contributed by atoms with Gasteiger partial charge in [-0.1, -0.05) is 12.1 Å². The van der Waals surface area contributed by atoms with E-state index in [0.29, 0.717) is 5.56 Å². The highest BCUT2D eigenvalue weighted by Crippen LogP contribution is 2.31. The molecule has 0 amide bonds. The Balaban J connectivity index is 2.25. The van der Waals surface area contributed by atoms with Crippen molar-refractivity contribution in [2.24, 2.45) is 0 Å². The molecule has 0 aliphatic heterocycles. The zero-order valence-electron chi connectivity index (χ0n) is 11.9. The number of benzene rings is 2. The molecule has 0 spiro atoms. The molecule has 0 heterocycles. The Morgan fingerprint density at radius 1 is 1.09 bits per heavy atom. The highest BCUT2D eigenvalue weighted by Gasteiger charge is 2.20. The van der Waals surface area contributed by atoms with E-state index in [0.717, 1.165) is 12.1 Å². The minimum atomic E-state index is -3.81. The number of sulfone groups is 1. The van der Waals surface area contributed by atoms with E-state index in [4.69, 9.17) is 4.74 Å². The summed E-state index contributed by atoms with van der Waals surface area (Å²) in [5.74, 6) is -0.853. The van der Waals surface area contributed by atoms with Crippen LogP contribution >= 0.6 is 0 Å². The van der Waals surface area contributed by atoms with Gasteiger partial charge in [0.25, 0.3) is 0 Å². The van der Waals surface area contributed by atoms with Gasteiger partial charge in [-0.15, -0.1) is 0 Å². The van der Waals surface area contributed by atoms with Crippen LogP contribution in [-0.4, -0.2) is 36.6 Å². The van der Waals surface area contributed by atoms with Crippen LogP contribution in [0, 0.1) is 0 Å². The molecule has 118 valence electrons. The number of para-hydroxylation sites is 1. The highest BCUT2D eigenvalue weighted by atomic mass is 32.2. The van der Waals surface area contributed by atoms with Crippen molar-refractivity contribution in [2.75, 3.05) is 12.9 Å². The molecule has 0 aliphatic carbocycles. The number of phenolic OH excluding ortho intramolecular Hbond substituents is 3. The number of methoxy groups -OCH3 is 1. The van der Waals surface area contributed by atoms with Crippen molar-refractivity contribution in [3.05, 3.63) is 42.0 Å². The minimum absolute atomic E-state index is 0.0421. The zero-order valence-corrected chi connectivity index (χ0v) is 12.7. The third kappa shape index (κ3) is 3.25. The van der Waals surface area contributed by atoms with Crippen molar-refractivity contribution >= 4 is 9.84 Å². The van der Waals surface area contributed by atoms with Crippen LogP contribution in [0.15, 0.2) is 41.3 Å². The van der Waals surface area contributed by atoms with E-state index in [1.807, 2.05) is 0 Å². The third-order valence-corrected chi connectivity index (χ3v) is 4.96. The average molecular weight is 324 g/mol. The fourth-order valence-electron chi connectivity index (χ4n) is 2.04. The van der Waals surface area contributed by atoms with Crippen LogP contribution in [0.1, 0.15) is 5.56 Å². The SMILES string of the molecule is COc1cccc(CCS(=O)(=O)c2cc(O)ccc2O)c1O. The van der Waals surface area contributed by atoms with Gasteiger partial charge in [-0.25, -0.2) is 8.42 Å². The summed E-state index contributed by atoms with van der Waals surface area (Å²) in [6.45, 7) is 0. The lowest BCUT2D eigenvalue weighted by Crippen LogP contribution is -2.09. The topological polar surface area (TPSA) is 104 Å². The number of ether oxygens (including phenoxy) is 1. The zero-order chi connectivity index (χ0) is 16.3. The lowest BCUT2D eigenvalue weighted by molar-refractivity contribution is 0.371. The first-order valence-corrected chi connectivity index (χ1v) is 8.10. The minimum Gasteiger partial charge on any atom is -0.508 e. The van der Waals surface area contributed by atoms with Crippen LogP contribution in [0.5, 0.6) is 23.0 Å². The van der Waals surface area contributed by atoms with E-state index in [-0.39, 0.29) is 34.3 Å². The van der Waals surface area contributed by atoms with E-state index in [1.165, 1.54) is 13.2 Å². The van der Waals surface area contributed by atoms with E-state index in [1.54, 1.807) is 18.2 Å². The van der Waals surface area contributed by atoms with Gasteiger partial charge in [0.15, 0.2) is 21.3 Å². The van der Waals surface area contributed by atoms with Crippen molar-refractivity contribution in [3.8, 4) is 23.0 Å². The fraction of sp³-hybridized carbons (Fsp3) is 0.200. The molecular weight excluding hydrogens is 308 g/mol. The summed E-state index contributed by atoms with van der Waals surface area (Å²) < 4.78 is 29.5. The van der Waals surface area contributed by atoms with Gasteiger partial charge < -0.3 is 20.1 Å². The molecule has 3 N–H and O–H groups in total. The van der Waals surface area contributed by atoms with Gasteiger partial charge >= 0.3 is 0 Å². The molecule has 2 rings (SSSR count). The molecule has 22 heavy (non-hydrogen) atoms. The largest absolute Gasteiger partial charge is 0.508 e. The van der Waals surface area contributed by atoms with Crippen molar-refractivity contribution in [1.82, 2.24) is 0 Å². The number of hydrogen-bond donors (Lipinski definition) is 3. The average Bonchev–Trinajstić information content (AvgIpc) is 2.48. The van der Waals surface area contributed by atoms with Gasteiger partial charge in [0.2, 0.25) is 0 Å². The maximum atomic E-state index is 12.3. The molecule has 2 aromatic rings. The van der Waals surface area contributed by atoms with E-state index in [9.17, 15) is 23.7 Å². The Labute approximate surface area is 128 Å². The van der Waals surface area contributed by atoms with E-state index in [2.05, 4.69) is 0 Å². The Morgan fingerprint density at radius 3 is 2.50 bits per heavy atom. The first-order valence-electron chi connectivity index (χ1n) is 6.44. The molecule has 7 heteroatoms. The molecule has 0 atom stereocenters. The lowest BCUT2D eigenvalue weighted by Gasteiger charge is -2.10. The molecule has 6 nitrogen and oxygen atoms in total. The molecule has 0 aromatic heterocycles. The van der Waals surface area contributed by atoms with Gasteiger partial charge in [-0.05, 0) is 30.2 Å². The van der Waals surface area contributed by atoms with Gasteiger partial charge in [0, 0.05) is 6.07 Å². The first-order chi connectivity index (χ1) is 10.3. The molecule has 2 aromatic carbocycles. The summed E-state index contributed by atoms with van der Waals surface area (Å²) in [4.78, 5) is -0.338. The molecule has 0 saturated carbocycles. The fourth-order valence-corrected chi connectivity index (χ4v) is 3.44. The second-order valence-corrected chi connectivity index (χ2v) is 6.77. The Hall–Kier alpha value is -2.41. The van der Waals surface area contributed by atoms with Crippen LogP contribution in [0.3, 0.4) is 0 Å². The van der Waals surface area contributed by atoms with Crippen molar-refractivity contribution in [2.45, 2.75) is 11.3 Å². The summed E-state index contributed by atoms with van der Waals surface area (Å²) in [7, 11) is -2.41. The van der Waals surface area contributed by atoms with Crippen LogP contribution in [0.25, 0.3) is 0 Å². The standard InChI is InChI=1S/C15H16O6S/c1-21-13-4-2-3-10(15(13)18)7-8-22(19,20)14-9-11(16)5-6-12(14)17/h2-6,9,16-18H,7-8H2,1H3. The first kappa shape index (κ1) is 16.0. The Kier molecular flexibility index (Phi) is 4.46. The van der Waals surface area contributed by atoms with Crippen LogP contribution < -0.4 is 4.74 Å². The summed E-state index contributed by atoms with van der Waals surface area (Å²) in [5.41, 5.74) is 0.419. The molecule has 0 fully saturated rings. The molecule has 0 bridgehead atoms. The van der Waals surface area contributed by atoms with Gasteiger partial charge in [-0.3, -0.25) is 0 Å². The summed E-state index contributed by atoms with van der Waals surface area (Å²) >= 11 is 0. The second kappa shape index (κ2) is 6.15. The summed E-state index contributed by atoms with van der Waals surface area (Å²) in [5, 5.41) is 29.0. The van der Waals surface area contributed by atoms with E-state index < -0.39 is 15.6 Å². The highest BCUT2D eigenvalue weighted by molar-refractivity contribution is 7.91. The smallest absolute Gasteiger partial charge is 0.182 e. The maximum absolute atomic E-state index is 12.3. The summed E-state index contributed by atoms with van der Waals surface area (Å²) in [6.07, 6.45) is 0.0421. The molecule has 0 aliphatic rings. The predicted molar refractivity (Wildman–Crippen MR) is 80.2 cm³/mol. The van der Waals surface area contributed by atoms with Crippen molar-refractivity contribution < 1.29 is 28.5 Å². The Morgan fingerprint density at radius 2 is 1.82 bits per heavy atom. The molecule has 0 saturated heterocycles. The molecular formula is C15H16O6S. The van der Waals surface area contributed by atoms with Crippen molar-refractivity contribution in [3.63, 3.8) is 0 Å². The number of hydrogen-bond acceptors (Lipinski definition) is 6. The van der Waals surface area contributed by atoms with Gasteiger partial charge in [0.1, 0.15) is 16.4 Å². The quantitative estimate of drug-likeness (QED) is 0.725. The Bertz CT molecular complexity index is 783. The number of aromatic hydroxyl groups is 3. The van der Waals surface area contributed by atoms with Crippen LogP contribution in [0.2, 0.25) is 0 Å². The number of aryl methyl sites for hydroxylation is 1. The number of phenols is 3. The normalized spacial score (nSPS) is 11.3. The van der Waals surface area contributed by atoms with E-state index >= 15 is 0 Å². The lowest BCUT2D eigenvalue weighted by atomic mass is 10.1. The van der Waals surface area contributed by atoms with Crippen LogP contribution in [0.4, 0.5) is 0 Å². The van der Waals surface area contributed by atoms with Crippen LogP contribution in [-0.2, 0) is 16.3 Å². The van der Waals surface area contributed by atoms with Crippen molar-refractivity contribution in [1.29, 1.82) is 0 Å². The predicted octanol–water partition coefficient (Wildman–Crippen LogP) is 1.83. The van der Waals surface area contributed by atoms with Gasteiger partial charge in [-0.2, -0.15) is 0 Å². The molecule has 0 unspecified atom stereocenters. The third-order valence-electron chi connectivity index (χ3n) is 3.22. The van der Waals surface area contributed by atoms with Gasteiger partial charge in [0.05, 0.1) is 12.9 Å². The maximum Gasteiger partial charge on any atom is 0.182 e. The monoisotopic (exact) mass is 324 g/mol. The number of rotatable bonds is 5. The summed E-state index contributed by atoms with van der Waals surface area (Å²) in [6, 6.07) is 8.11.